The van der Waals surface area contributed by atoms with Gasteiger partial charge in [0.2, 0.25) is 0 Å². The fourth-order valence-corrected chi connectivity index (χ4v) is 5.37. The molecule has 5 rings (SSSR count). The van der Waals surface area contributed by atoms with Gasteiger partial charge in [-0.1, -0.05) is 59.8 Å². The van der Waals surface area contributed by atoms with Crippen molar-refractivity contribution in [3.63, 3.8) is 0 Å². The highest BCUT2D eigenvalue weighted by atomic mass is 32.2. The highest BCUT2D eigenvalue weighted by Gasteiger charge is 2.14. The molecule has 5 aromatic rings. The van der Waals surface area contributed by atoms with Crippen LogP contribution in [0.2, 0.25) is 0 Å². The van der Waals surface area contributed by atoms with Crippen molar-refractivity contribution < 1.29 is 5.11 Å². The zero-order valence-corrected chi connectivity index (χ0v) is 20.8. The van der Waals surface area contributed by atoms with E-state index >= 15 is 0 Å². The summed E-state index contributed by atoms with van der Waals surface area (Å²) in [6.07, 6.45) is 1.81. The lowest BCUT2D eigenvalue weighted by molar-refractivity contribution is 0.477. The van der Waals surface area contributed by atoms with E-state index in [0.717, 1.165) is 38.0 Å². The summed E-state index contributed by atoms with van der Waals surface area (Å²) in [4.78, 5) is 10.5. The summed E-state index contributed by atoms with van der Waals surface area (Å²) in [6.45, 7) is 6.43. The number of aryl methyl sites for hydroxylation is 3. The number of benzene rings is 3. The Morgan fingerprint density at radius 1 is 0.686 bits per heavy atom. The van der Waals surface area contributed by atoms with Gasteiger partial charge < -0.3 is 5.11 Å². The van der Waals surface area contributed by atoms with E-state index in [1.807, 2.05) is 42.6 Å². The van der Waals surface area contributed by atoms with E-state index in [2.05, 4.69) is 74.3 Å². The molecule has 0 aliphatic carbocycles. The predicted molar refractivity (Wildman–Crippen MR) is 145 cm³/mol. The van der Waals surface area contributed by atoms with Crippen LogP contribution in [-0.2, 0) is 0 Å². The molecule has 35 heavy (non-hydrogen) atoms. The first-order chi connectivity index (χ1) is 17.0. The number of phenolic OH excluding ortho intramolecular Hbond substituents is 1. The summed E-state index contributed by atoms with van der Waals surface area (Å²) in [5.41, 5.74) is 9.34. The minimum Gasteiger partial charge on any atom is -0.507 e. The lowest BCUT2D eigenvalue weighted by atomic mass is 9.92. The smallest absolute Gasteiger partial charge is 0.124 e. The Kier molecular flexibility index (Phi) is 6.39. The third-order valence-electron chi connectivity index (χ3n) is 5.96. The average Bonchev–Trinajstić information content (AvgIpc) is 2.84. The molecule has 0 saturated carbocycles. The van der Waals surface area contributed by atoms with Crippen molar-refractivity contribution in [1.29, 1.82) is 0 Å². The second-order valence-electron chi connectivity index (χ2n) is 8.72. The maximum atomic E-state index is 10.6. The van der Waals surface area contributed by atoms with Crippen LogP contribution < -0.4 is 0 Å². The van der Waals surface area contributed by atoms with Gasteiger partial charge in [-0.3, -0.25) is 0 Å². The molecule has 3 aromatic carbocycles. The third-order valence-corrected chi connectivity index (χ3v) is 6.90. The molecule has 0 spiro atoms. The molecule has 1 N–H and O–H groups in total. The maximum Gasteiger partial charge on any atom is 0.124 e. The van der Waals surface area contributed by atoms with Crippen LogP contribution in [0.3, 0.4) is 0 Å². The predicted octanol–water partition coefficient (Wildman–Crippen LogP) is 8.26. The van der Waals surface area contributed by atoms with Gasteiger partial charge in [-0.15, -0.1) is 0 Å². The minimum atomic E-state index is 0.222. The number of nitrogens with zero attached hydrogens (tertiary/aromatic N) is 2. The molecular formula is C31H26N2OS. The van der Waals surface area contributed by atoms with E-state index in [1.54, 1.807) is 17.8 Å². The van der Waals surface area contributed by atoms with Crippen LogP contribution >= 0.6 is 11.8 Å². The highest BCUT2D eigenvalue weighted by molar-refractivity contribution is 7.99. The van der Waals surface area contributed by atoms with Crippen molar-refractivity contribution in [2.24, 2.45) is 0 Å². The molecule has 2 aromatic heterocycles. The number of hydrogen-bond acceptors (Lipinski definition) is 4. The van der Waals surface area contributed by atoms with E-state index in [-0.39, 0.29) is 5.75 Å². The van der Waals surface area contributed by atoms with Crippen LogP contribution in [0.15, 0.2) is 107 Å². The van der Waals surface area contributed by atoms with Gasteiger partial charge in [0.1, 0.15) is 10.8 Å². The van der Waals surface area contributed by atoms with Gasteiger partial charge in [-0.25, -0.2) is 9.97 Å². The number of aromatic nitrogens is 2. The van der Waals surface area contributed by atoms with E-state index in [4.69, 9.17) is 4.98 Å². The Bertz CT molecular complexity index is 1490. The summed E-state index contributed by atoms with van der Waals surface area (Å²) in [6, 6.07) is 30.3. The van der Waals surface area contributed by atoms with E-state index in [1.165, 1.54) is 22.3 Å². The molecule has 0 saturated heterocycles. The zero-order chi connectivity index (χ0) is 24.4. The van der Waals surface area contributed by atoms with E-state index in [9.17, 15) is 5.11 Å². The molecular weight excluding hydrogens is 448 g/mol. The molecule has 0 aliphatic rings. The number of rotatable bonds is 5. The summed E-state index contributed by atoms with van der Waals surface area (Å²) >= 11 is 1.63. The fraction of sp³-hybridized carbons (Fsp3) is 0.0968. The van der Waals surface area contributed by atoms with Gasteiger partial charge in [0.05, 0.1) is 11.4 Å². The number of aromatic hydroxyl groups is 1. The summed E-state index contributed by atoms with van der Waals surface area (Å²) in [5.74, 6) is 0.222. The molecule has 0 radical (unpaired) electrons. The normalized spacial score (nSPS) is 10.9. The molecule has 0 aliphatic heterocycles. The van der Waals surface area contributed by atoms with Gasteiger partial charge in [0.25, 0.3) is 0 Å². The van der Waals surface area contributed by atoms with E-state index < -0.39 is 0 Å². The molecule has 172 valence electrons. The second kappa shape index (κ2) is 9.77. The fourth-order valence-electron chi connectivity index (χ4n) is 4.53. The van der Waals surface area contributed by atoms with E-state index in [0.29, 0.717) is 0 Å². The molecule has 0 unspecified atom stereocenters. The topological polar surface area (TPSA) is 46.0 Å². The number of pyridine rings is 2. The Labute approximate surface area is 210 Å². The van der Waals surface area contributed by atoms with Crippen LogP contribution in [-0.4, -0.2) is 15.1 Å². The first-order valence-electron chi connectivity index (χ1n) is 11.6. The Hall–Kier alpha value is -3.89. The summed E-state index contributed by atoms with van der Waals surface area (Å²) < 4.78 is 0. The third kappa shape index (κ3) is 4.98. The molecule has 0 bridgehead atoms. The van der Waals surface area contributed by atoms with Crippen LogP contribution in [0.25, 0.3) is 33.6 Å². The Balaban J connectivity index is 1.67. The zero-order valence-electron chi connectivity index (χ0n) is 20.0. The molecule has 2 heterocycles. The highest BCUT2D eigenvalue weighted by Crippen LogP contribution is 2.37. The van der Waals surface area contributed by atoms with Gasteiger partial charge in [0, 0.05) is 22.2 Å². The number of phenols is 1. The number of hydrogen-bond donors (Lipinski definition) is 1. The first kappa shape index (κ1) is 22.9. The largest absolute Gasteiger partial charge is 0.507 e. The maximum absolute atomic E-state index is 10.6. The van der Waals surface area contributed by atoms with Crippen LogP contribution in [0.4, 0.5) is 0 Å². The molecule has 4 heteroatoms. The van der Waals surface area contributed by atoms with Crippen LogP contribution in [0.1, 0.15) is 16.7 Å². The standard InChI is InChI=1S/C31H26N2OS/c1-20-15-21(2)31(22(3)16-20)24-18-27(33-28(19-24)26-11-4-5-12-29(26)34)23-9-8-10-25(17-23)35-30-13-6-7-14-32-30/h4-19,34H,1-3H3. The van der Waals surface area contributed by atoms with Gasteiger partial charge >= 0.3 is 0 Å². The van der Waals surface area contributed by atoms with Gasteiger partial charge in [0.15, 0.2) is 0 Å². The first-order valence-corrected chi connectivity index (χ1v) is 12.4. The molecule has 3 nitrogen and oxygen atoms in total. The van der Waals surface area contributed by atoms with Crippen LogP contribution in [0.5, 0.6) is 5.75 Å². The Morgan fingerprint density at radius 3 is 2.17 bits per heavy atom. The van der Waals surface area contributed by atoms with Crippen LogP contribution in [0, 0.1) is 20.8 Å². The monoisotopic (exact) mass is 474 g/mol. The second-order valence-corrected chi connectivity index (χ2v) is 9.81. The Morgan fingerprint density at radius 2 is 1.43 bits per heavy atom. The van der Waals surface area contributed by atoms with Gasteiger partial charge in [-0.2, -0.15) is 0 Å². The molecule has 0 amide bonds. The van der Waals surface area contributed by atoms with Gasteiger partial charge in [-0.05, 0) is 91.6 Å². The minimum absolute atomic E-state index is 0.222. The lowest BCUT2D eigenvalue weighted by Crippen LogP contribution is -1.95. The number of para-hydroxylation sites is 1. The summed E-state index contributed by atoms with van der Waals surface area (Å²) in [5, 5.41) is 11.5. The van der Waals surface area contributed by atoms with Crippen molar-refractivity contribution in [1.82, 2.24) is 9.97 Å². The van der Waals surface area contributed by atoms with Crippen molar-refractivity contribution in [2.45, 2.75) is 30.7 Å². The van der Waals surface area contributed by atoms with Crippen molar-refractivity contribution >= 4 is 11.8 Å². The van der Waals surface area contributed by atoms with Crippen molar-refractivity contribution in [3.8, 4) is 39.4 Å². The average molecular weight is 475 g/mol. The molecule has 0 fully saturated rings. The summed E-state index contributed by atoms with van der Waals surface area (Å²) in [7, 11) is 0. The lowest BCUT2D eigenvalue weighted by Gasteiger charge is -2.15. The van der Waals surface area contributed by atoms with Crippen molar-refractivity contribution in [2.75, 3.05) is 0 Å². The molecule has 0 atom stereocenters. The van der Waals surface area contributed by atoms with Crippen molar-refractivity contribution in [3.05, 3.63) is 114 Å². The SMILES string of the molecule is Cc1cc(C)c(-c2cc(-c3cccc(Sc4ccccn4)c3)nc(-c3ccccc3O)c2)c(C)c1. The quantitative estimate of drug-likeness (QED) is 0.278.